The fourth-order valence-corrected chi connectivity index (χ4v) is 4.05. The third-order valence-corrected chi connectivity index (χ3v) is 5.44. The zero-order valence-corrected chi connectivity index (χ0v) is 12.7. The van der Waals surface area contributed by atoms with Crippen molar-refractivity contribution in [2.45, 2.75) is 18.6 Å². The molecule has 0 bridgehead atoms. The molecular weight excluding hydrogens is 294 g/mol. The zero-order valence-electron chi connectivity index (χ0n) is 11.1. The van der Waals surface area contributed by atoms with E-state index >= 15 is 0 Å². The van der Waals surface area contributed by atoms with Crippen LogP contribution >= 0.6 is 23.3 Å². The number of hydrogen-bond donors (Lipinski definition) is 0. The van der Waals surface area contributed by atoms with Crippen LogP contribution in [0.15, 0.2) is 22.8 Å². The highest BCUT2D eigenvalue weighted by Gasteiger charge is 2.26. The molecule has 5 nitrogen and oxygen atoms in total. The van der Waals surface area contributed by atoms with E-state index in [0.717, 1.165) is 36.7 Å². The first-order valence-electron chi connectivity index (χ1n) is 6.49. The first-order valence-corrected chi connectivity index (χ1v) is 8.31. The van der Waals surface area contributed by atoms with Gasteiger partial charge in [0.25, 0.3) is 5.91 Å². The molecule has 0 saturated carbocycles. The van der Waals surface area contributed by atoms with Crippen molar-refractivity contribution in [3.63, 3.8) is 0 Å². The topological polar surface area (TPSA) is 59.2 Å². The fourth-order valence-electron chi connectivity index (χ4n) is 2.25. The van der Waals surface area contributed by atoms with Gasteiger partial charge in [-0.2, -0.15) is 0 Å². The summed E-state index contributed by atoms with van der Waals surface area (Å²) >= 11 is 3.03. The van der Waals surface area contributed by atoms with Crippen LogP contribution in [0, 0.1) is 6.92 Å². The van der Waals surface area contributed by atoms with E-state index < -0.39 is 0 Å². The molecule has 2 aromatic heterocycles. The first kappa shape index (κ1) is 13.6. The minimum Gasteiger partial charge on any atom is -0.468 e. The third-order valence-electron chi connectivity index (χ3n) is 3.33. The molecule has 0 aromatic carbocycles. The summed E-state index contributed by atoms with van der Waals surface area (Å²) in [5.74, 6) is 1.97. The molecule has 1 unspecified atom stereocenters. The Kier molecular flexibility index (Phi) is 4.07. The van der Waals surface area contributed by atoms with Crippen LogP contribution in [-0.2, 0) is 0 Å². The molecule has 1 fully saturated rings. The van der Waals surface area contributed by atoms with Crippen molar-refractivity contribution in [1.29, 1.82) is 0 Å². The number of carbonyl (C=O) groups is 1. The highest BCUT2D eigenvalue weighted by molar-refractivity contribution is 7.99. The van der Waals surface area contributed by atoms with E-state index in [9.17, 15) is 4.79 Å². The number of aromatic nitrogens is 2. The molecule has 106 valence electrons. The van der Waals surface area contributed by atoms with Gasteiger partial charge in [-0.25, -0.2) is 0 Å². The van der Waals surface area contributed by atoms with Gasteiger partial charge in [0.1, 0.15) is 10.6 Å². The Hall–Kier alpha value is -1.34. The van der Waals surface area contributed by atoms with Crippen molar-refractivity contribution in [1.82, 2.24) is 14.5 Å². The molecule has 0 radical (unpaired) electrons. The molecule has 3 heterocycles. The Morgan fingerprint density at radius 3 is 3.10 bits per heavy atom. The van der Waals surface area contributed by atoms with Gasteiger partial charge in [0.05, 0.1) is 17.2 Å². The second-order valence-electron chi connectivity index (χ2n) is 4.64. The first-order chi connectivity index (χ1) is 9.75. The van der Waals surface area contributed by atoms with Crippen molar-refractivity contribution in [2.24, 2.45) is 0 Å². The Labute approximate surface area is 125 Å². The normalized spacial score (nSPS) is 19.9. The highest BCUT2D eigenvalue weighted by atomic mass is 32.2. The Bertz CT molecular complexity index is 582. The molecule has 1 saturated heterocycles. The highest BCUT2D eigenvalue weighted by Crippen LogP contribution is 2.34. The van der Waals surface area contributed by atoms with Gasteiger partial charge in [-0.15, -0.1) is 16.9 Å². The van der Waals surface area contributed by atoms with Gasteiger partial charge in [0, 0.05) is 18.8 Å². The summed E-state index contributed by atoms with van der Waals surface area (Å²) in [5, 5.41) is 4.25. The van der Waals surface area contributed by atoms with Gasteiger partial charge in [-0.05, 0) is 37.0 Å². The summed E-state index contributed by atoms with van der Waals surface area (Å²) in [7, 11) is 0. The number of furan rings is 1. The molecule has 1 aliphatic rings. The average molecular weight is 309 g/mol. The maximum Gasteiger partial charge on any atom is 0.267 e. The van der Waals surface area contributed by atoms with Crippen molar-refractivity contribution >= 4 is 29.2 Å². The Morgan fingerprint density at radius 1 is 1.50 bits per heavy atom. The Morgan fingerprint density at radius 2 is 2.40 bits per heavy atom. The lowest BCUT2D eigenvalue weighted by molar-refractivity contribution is 0.0770. The summed E-state index contributed by atoms with van der Waals surface area (Å²) in [6, 6.07) is 3.92. The number of nitrogens with zero attached hydrogens (tertiary/aromatic N) is 3. The maximum absolute atomic E-state index is 12.5. The van der Waals surface area contributed by atoms with Crippen LogP contribution in [0.3, 0.4) is 0 Å². The van der Waals surface area contributed by atoms with E-state index in [0.29, 0.717) is 10.1 Å². The maximum atomic E-state index is 12.5. The predicted molar refractivity (Wildman–Crippen MR) is 79.1 cm³/mol. The molecule has 0 spiro atoms. The van der Waals surface area contributed by atoms with E-state index in [1.807, 2.05) is 35.7 Å². The van der Waals surface area contributed by atoms with Crippen molar-refractivity contribution < 1.29 is 9.21 Å². The summed E-state index contributed by atoms with van der Waals surface area (Å²) in [6.07, 6.45) is 2.62. The van der Waals surface area contributed by atoms with Crippen LogP contribution in [0.5, 0.6) is 0 Å². The second-order valence-corrected chi connectivity index (χ2v) is 6.71. The molecule has 1 amide bonds. The van der Waals surface area contributed by atoms with Gasteiger partial charge >= 0.3 is 0 Å². The van der Waals surface area contributed by atoms with Crippen LogP contribution in [0.2, 0.25) is 0 Å². The van der Waals surface area contributed by atoms with Crippen LogP contribution in [0.1, 0.15) is 32.8 Å². The number of aryl methyl sites for hydroxylation is 1. The van der Waals surface area contributed by atoms with Crippen LogP contribution in [-0.4, -0.2) is 39.2 Å². The summed E-state index contributed by atoms with van der Waals surface area (Å²) in [6.45, 7) is 3.33. The molecule has 7 heteroatoms. The van der Waals surface area contributed by atoms with E-state index in [4.69, 9.17) is 4.42 Å². The Balaban J connectivity index is 1.68. The van der Waals surface area contributed by atoms with Crippen LogP contribution in [0.4, 0.5) is 0 Å². The van der Waals surface area contributed by atoms with E-state index in [1.54, 1.807) is 6.26 Å². The lowest BCUT2D eigenvalue weighted by Gasteiger charge is -2.19. The van der Waals surface area contributed by atoms with E-state index in [1.165, 1.54) is 11.5 Å². The smallest absolute Gasteiger partial charge is 0.267 e. The summed E-state index contributed by atoms with van der Waals surface area (Å²) < 4.78 is 9.31. The van der Waals surface area contributed by atoms with Crippen molar-refractivity contribution in [3.05, 3.63) is 34.7 Å². The third kappa shape index (κ3) is 2.73. The molecule has 0 N–H and O–H groups in total. The molecule has 1 aliphatic heterocycles. The van der Waals surface area contributed by atoms with Gasteiger partial charge in [-0.1, -0.05) is 4.49 Å². The molecule has 0 aliphatic carbocycles. The van der Waals surface area contributed by atoms with Gasteiger partial charge in [-0.3, -0.25) is 4.79 Å². The molecule has 2 aromatic rings. The summed E-state index contributed by atoms with van der Waals surface area (Å²) in [5.41, 5.74) is 0.722. The standard InChI is InChI=1S/C13H15N3O2S2/c1-9-12(20-15-14-9)13(17)16-5-4-11(19-8-6-16)10-3-2-7-18-10/h2-3,7,11H,4-6,8H2,1H3. The van der Waals surface area contributed by atoms with Crippen LogP contribution in [0.25, 0.3) is 0 Å². The average Bonchev–Trinajstić information content (AvgIpc) is 3.05. The quantitative estimate of drug-likeness (QED) is 0.853. The number of amides is 1. The lowest BCUT2D eigenvalue weighted by atomic mass is 10.2. The molecule has 3 rings (SSSR count). The number of thioether (sulfide) groups is 1. The lowest BCUT2D eigenvalue weighted by Crippen LogP contribution is -2.32. The predicted octanol–water partition coefficient (Wildman–Crippen LogP) is 2.76. The SMILES string of the molecule is Cc1nnsc1C(=O)N1CCSC(c2ccco2)CC1. The molecular formula is C13H15N3O2S2. The molecule has 1 atom stereocenters. The van der Waals surface area contributed by atoms with Crippen molar-refractivity contribution in [2.75, 3.05) is 18.8 Å². The second kappa shape index (κ2) is 5.97. The van der Waals surface area contributed by atoms with Gasteiger partial charge in [0.2, 0.25) is 0 Å². The van der Waals surface area contributed by atoms with E-state index in [2.05, 4.69) is 9.59 Å². The van der Waals surface area contributed by atoms with Gasteiger partial charge < -0.3 is 9.32 Å². The van der Waals surface area contributed by atoms with E-state index in [-0.39, 0.29) is 5.91 Å². The molecule has 20 heavy (non-hydrogen) atoms. The number of hydrogen-bond acceptors (Lipinski definition) is 6. The van der Waals surface area contributed by atoms with Gasteiger partial charge in [0.15, 0.2) is 0 Å². The zero-order chi connectivity index (χ0) is 13.9. The van der Waals surface area contributed by atoms with Crippen molar-refractivity contribution in [3.8, 4) is 0 Å². The number of rotatable bonds is 2. The monoisotopic (exact) mass is 309 g/mol. The number of carbonyl (C=O) groups excluding carboxylic acids is 1. The minimum absolute atomic E-state index is 0.0539. The fraction of sp³-hybridized carbons (Fsp3) is 0.462. The van der Waals surface area contributed by atoms with Crippen LogP contribution < -0.4 is 0 Å². The summed E-state index contributed by atoms with van der Waals surface area (Å²) in [4.78, 5) is 15.0. The largest absolute Gasteiger partial charge is 0.468 e. The minimum atomic E-state index is 0.0539.